The van der Waals surface area contributed by atoms with Crippen LogP contribution in [0, 0.1) is 0 Å². The Morgan fingerprint density at radius 3 is 2.24 bits per heavy atom. The lowest BCUT2D eigenvalue weighted by Gasteiger charge is -2.34. The molecule has 0 saturated carbocycles. The first-order valence-corrected chi connectivity index (χ1v) is 9.88. The molecule has 0 unspecified atom stereocenters. The minimum atomic E-state index is -3.45. The lowest BCUT2D eigenvalue weighted by Crippen LogP contribution is -2.48. The number of hydrogen-bond donors (Lipinski definition) is 0. The van der Waals surface area contributed by atoms with Gasteiger partial charge in [0.15, 0.2) is 0 Å². The van der Waals surface area contributed by atoms with Gasteiger partial charge in [-0.1, -0.05) is 0 Å². The second-order valence-electron chi connectivity index (χ2n) is 5.94. The van der Waals surface area contributed by atoms with Crippen molar-refractivity contribution in [2.75, 3.05) is 32.8 Å². The fourth-order valence-electron chi connectivity index (χ4n) is 2.90. The highest BCUT2D eigenvalue weighted by Gasteiger charge is 2.28. The summed E-state index contributed by atoms with van der Waals surface area (Å²) < 4.78 is 32.5. The van der Waals surface area contributed by atoms with Crippen molar-refractivity contribution in [3.05, 3.63) is 54.4 Å². The van der Waals surface area contributed by atoms with Crippen molar-refractivity contribution in [2.24, 2.45) is 0 Å². The molecule has 3 rings (SSSR count). The normalized spacial score (nSPS) is 16.7. The molecule has 0 N–H and O–H groups in total. The molecular weight excluding hydrogens is 338 g/mol. The Morgan fingerprint density at radius 2 is 1.64 bits per heavy atom. The predicted octanol–water partition coefficient (Wildman–Crippen LogP) is 1.99. The molecule has 0 radical (unpaired) electrons. The number of nitrogens with zero attached hydrogens (tertiary/aromatic N) is 3. The second-order valence-corrected chi connectivity index (χ2v) is 7.88. The second kappa shape index (κ2) is 7.95. The van der Waals surface area contributed by atoms with Gasteiger partial charge in [0.05, 0.1) is 11.5 Å². The molecule has 0 aliphatic carbocycles. The lowest BCUT2D eigenvalue weighted by atomic mass is 10.2. The summed E-state index contributed by atoms with van der Waals surface area (Å²) in [6.45, 7) is 5.72. The largest absolute Gasteiger partial charge is 0.494 e. The summed E-state index contributed by atoms with van der Waals surface area (Å²) in [5.41, 5.74) is 1.19. The molecule has 0 atom stereocenters. The van der Waals surface area contributed by atoms with Gasteiger partial charge in [-0.05, 0) is 48.9 Å². The zero-order valence-corrected chi connectivity index (χ0v) is 15.2. The van der Waals surface area contributed by atoms with E-state index >= 15 is 0 Å². The van der Waals surface area contributed by atoms with Crippen LogP contribution < -0.4 is 4.74 Å². The van der Waals surface area contributed by atoms with Gasteiger partial charge in [0.1, 0.15) is 5.75 Å². The van der Waals surface area contributed by atoms with Gasteiger partial charge in [-0.2, -0.15) is 4.31 Å². The lowest BCUT2D eigenvalue weighted by molar-refractivity contribution is 0.181. The molecule has 2 aromatic rings. The Hall–Kier alpha value is -1.96. The minimum absolute atomic E-state index is 0.318. The number of rotatable bonds is 6. The third-order valence-electron chi connectivity index (χ3n) is 4.26. The molecule has 1 aliphatic heterocycles. The van der Waals surface area contributed by atoms with Crippen molar-refractivity contribution in [1.29, 1.82) is 0 Å². The molecule has 25 heavy (non-hydrogen) atoms. The van der Waals surface area contributed by atoms with E-state index in [4.69, 9.17) is 4.74 Å². The molecule has 134 valence electrons. The van der Waals surface area contributed by atoms with Crippen molar-refractivity contribution in [2.45, 2.75) is 18.4 Å². The molecule has 6 nitrogen and oxygen atoms in total. The number of pyridine rings is 1. The molecule has 2 heterocycles. The average molecular weight is 361 g/mol. The number of ether oxygens (including phenoxy) is 1. The van der Waals surface area contributed by atoms with E-state index in [0.29, 0.717) is 30.3 Å². The Kier molecular flexibility index (Phi) is 5.67. The summed E-state index contributed by atoms with van der Waals surface area (Å²) in [6, 6.07) is 10.6. The van der Waals surface area contributed by atoms with Crippen molar-refractivity contribution in [1.82, 2.24) is 14.2 Å². The van der Waals surface area contributed by atoms with E-state index in [1.54, 1.807) is 41.0 Å². The third kappa shape index (κ3) is 4.36. The number of benzene rings is 1. The summed E-state index contributed by atoms with van der Waals surface area (Å²) in [7, 11) is -3.45. The Labute approximate surface area is 149 Å². The number of aromatic nitrogens is 1. The molecular formula is C18H23N3O3S. The van der Waals surface area contributed by atoms with Gasteiger partial charge in [0.25, 0.3) is 0 Å². The summed E-state index contributed by atoms with van der Waals surface area (Å²) in [6.07, 6.45) is 3.56. The minimum Gasteiger partial charge on any atom is -0.494 e. The van der Waals surface area contributed by atoms with Gasteiger partial charge >= 0.3 is 0 Å². The highest BCUT2D eigenvalue weighted by atomic mass is 32.2. The van der Waals surface area contributed by atoms with Crippen molar-refractivity contribution in [3.63, 3.8) is 0 Å². The summed E-state index contributed by atoms with van der Waals surface area (Å²) >= 11 is 0. The summed E-state index contributed by atoms with van der Waals surface area (Å²) in [5, 5.41) is 0. The number of piperazine rings is 1. The maximum Gasteiger partial charge on any atom is 0.243 e. The zero-order chi connectivity index (χ0) is 17.7. The third-order valence-corrected chi connectivity index (χ3v) is 6.17. The van der Waals surface area contributed by atoms with Crippen LogP contribution in [0.25, 0.3) is 0 Å². The van der Waals surface area contributed by atoms with Crippen LogP contribution in [0.5, 0.6) is 5.75 Å². The van der Waals surface area contributed by atoms with Gasteiger partial charge in [-0.15, -0.1) is 0 Å². The maximum absolute atomic E-state index is 12.8. The van der Waals surface area contributed by atoms with Crippen LogP contribution in [0.2, 0.25) is 0 Å². The van der Waals surface area contributed by atoms with E-state index in [2.05, 4.69) is 9.88 Å². The fraction of sp³-hybridized carbons (Fsp3) is 0.389. The first-order chi connectivity index (χ1) is 12.1. The monoisotopic (exact) mass is 361 g/mol. The van der Waals surface area contributed by atoms with Crippen molar-refractivity contribution >= 4 is 10.0 Å². The number of sulfonamides is 1. The zero-order valence-electron chi connectivity index (χ0n) is 14.3. The van der Waals surface area contributed by atoms with Crippen LogP contribution >= 0.6 is 0 Å². The number of hydrogen-bond acceptors (Lipinski definition) is 5. The van der Waals surface area contributed by atoms with E-state index in [0.717, 1.165) is 19.6 Å². The molecule has 1 saturated heterocycles. The van der Waals surface area contributed by atoms with Gasteiger partial charge in [0, 0.05) is 45.1 Å². The molecule has 0 bridgehead atoms. The molecule has 1 aromatic heterocycles. The van der Waals surface area contributed by atoms with E-state index < -0.39 is 10.0 Å². The molecule has 7 heteroatoms. The Bertz CT molecular complexity index is 771. The van der Waals surface area contributed by atoms with Gasteiger partial charge < -0.3 is 4.74 Å². The summed E-state index contributed by atoms with van der Waals surface area (Å²) in [4.78, 5) is 6.60. The molecule has 1 aromatic carbocycles. The van der Waals surface area contributed by atoms with Crippen LogP contribution in [0.4, 0.5) is 0 Å². The van der Waals surface area contributed by atoms with Gasteiger partial charge in [0.2, 0.25) is 10.0 Å². The molecule has 0 spiro atoms. The SMILES string of the molecule is CCOc1ccc(S(=O)(=O)N2CCN(Cc3ccncc3)CC2)cc1. The Balaban J connectivity index is 1.61. The van der Waals surface area contributed by atoms with Crippen molar-refractivity contribution < 1.29 is 13.2 Å². The fourth-order valence-corrected chi connectivity index (χ4v) is 4.32. The van der Waals surface area contributed by atoms with Crippen LogP contribution in [-0.4, -0.2) is 55.4 Å². The standard InChI is InChI=1S/C18H23N3O3S/c1-2-24-17-3-5-18(6-4-17)25(22,23)21-13-11-20(12-14-21)15-16-7-9-19-10-8-16/h3-10H,2,11-15H2,1H3. The van der Waals surface area contributed by atoms with E-state index in [-0.39, 0.29) is 0 Å². The first-order valence-electron chi connectivity index (χ1n) is 8.44. The Morgan fingerprint density at radius 1 is 1.00 bits per heavy atom. The smallest absolute Gasteiger partial charge is 0.243 e. The topological polar surface area (TPSA) is 62.7 Å². The van der Waals surface area contributed by atoms with E-state index in [1.807, 2.05) is 19.1 Å². The van der Waals surface area contributed by atoms with Crippen LogP contribution in [-0.2, 0) is 16.6 Å². The van der Waals surface area contributed by atoms with Gasteiger partial charge in [-0.3, -0.25) is 9.88 Å². The average Bonchev–Trinajstić information content (AvgIpc) is 2.64. The highest BCUT2D eigenvalue weighted by Crippen LogP contribution is 2.21. The molecule has 0 amide bonds. The van der Waals surface area contributed by atoms with Crippen LogP contribution in [0.1, 0.15) is 12.5 Å². The highest BCUT2D eigenvalue weighted by molar-refractivity contribution is 7.89. The predicted molar refractivity (Wildman–Crippen MR) is 95.9 cm³/mol. The molecule has 1 fully saturated rings. The van der Waals surface area contributed by atoms with E-state index in [1.165, 1.54) is 5.56 Å². The maximum atomic E-state index is 12.8. The van der Waals surface area contributed by atoms with Crippen molar-refractivity contribution in [3.8, 4) is 5.75 Å². The van der Waals surface area contributed by atoms with E-state index in [9.17, 15) is 8.42 Å². The molecule has 1 aliphatic rings. The van der Waals surface area contributed by atoms with Gasteiger partial charge in [-0.25, -0.2) is 8.42 Å². The van der Waals surface area contributed by atoms with Crippen LogP contribution in [0.3, 0.4) is 0 Å². The van der Waals surface area contributed by atoms with Crippen LogP contribution in [0.15, 0.2) is 53.7 Å². The first kappa shape index (κ1) is 17.8. The quantitative estimate of drug-likeness (QED) is 0.787. The summed E-state index contributed by atoms with van der Waals surface area (Å²) in [5.74, 6) is 0.684.